The van der Waals surface area contributed by atoms with Crippen molar-refractivity contribution in [3.8, 4) is 0 Å². The van der Waals surface area contributed by atoms with Gasteiger partial charge in [-0.05, 0) is 25.7 Å². The molecule has 0 radical (unpaired) electrons. The molecular formula is C14H28O2. The van der Waals surface area contributed by atoms with Gasteiger partial charge in [0.15, 0.2) is 0 Å². The number of rotatable bonds is 9. The van der Waals surface area contributed by atoms with E-state index in [1.54, 1.807) is 0 Å². The number of aliphatic hydroxyl groups excluding tert-OH is 1. The van der Waals surface area contributed by atoms with Crippen LogP contribution in [0.15, 0.2) is 0 Å². The van der Waals surface area contributed by atoms with Gasteiger partial charge in [0.25, 0.3) is 0 Å². The summed E-state index contributed by atoms with van der Waals surface area (Å²) in [4.78, 5) is 0. The van der Waals surface area contributed by atoms with E-state index < -0.39 is 0 Å². The average Bonchev–Trinajstić information content (AvgIpc) is 2.34. The van der Waals surface area contributed by atoms with Crippen molar-refractivity contribution >= 4 is 0 Å². The second-order valence-electron chi connectivity index (χ2n) is 4.98. The minimum absolute atomic E-state index is 0.352. The summed E-state index contributed by atoms with van der Waals surface area (Å²) >= 11 is 0. The molecule has 0 aromatic heterocycles. The summed E-state index contributed by atoms with van der Waals surface area (Å²) < 4.78 is 5.87. The molecule has 1 aliphatic rings. The molecule has 16 heavy (non-hydrogen) atoms. The number of hydrogen-bond donors (Lipinski definition) is 1. The Bertz CT molecular complexity index is 142. The zero-order valence-electron chi connectivity index (χ0n) is 10.6. The quantitative estimate of drug-likeness (QED) is 0.610. The van der Waals surface area contributed by atoms with Gasteiger partial charge in [0.1, 0.15) is 0 Å². The van der Waals surface area contributed by atoms with Crippen LogP contribution in [0.5, 0.6) is 0 Å². The van der Waals surface area contributed by atoms with Gasteiger partial charge in [-0.25, -0.2) is 0 Å². The Kier molecular flexibility index (Phi) is 8.83. The number of aliphatic hydroxyl groups is 1. The molecule has 0 atom stereocenters. The monoisotopic (exact) mass is 228 g/mol. The maximum atomic E-state index is 8.63. The van der Waals surface area contributed by atoms with Crippen molar-refractivity contribution in [3.05, 3.63) is 0 Å². The summed E-state index contributed by atoms with van der Waals surface area (Å²) in [6.45, 7) is 1.31. The molecule has 2 nitrogen and oxygen atoms in total. The maximum absolute atomic E-state index is 8.63. The molecule has 1 fully saturated rings. The molecule has 0 saturated heterocycles. The highest BCUT2D eigenvalue weighted by atomic mass is 16.5. The summed E-state index contributed by atoms with van der Waals surface area (Å²) in [5.74, 6) is 0. The number of hydrogen-bond acceptors (Lipinski definition) is 2. The Morgan fingerprint density at radius 1 is 0.812 bits per heavy atom. The van der Waals surface area contributed by atoms with Crippen molar-refractivity contribution in [1.82, 2.24) is 0 Å². The van der Waals surface area contributed by atoms with Gasteiger partial charge < -0.3 is 9.84 Å². The van der Waals surface area contributed by atoms with Gasteiger partial charge in [-0.15, -0.1) is 0 Å². The van der Waals surface area contributed by atoms with E-state index in [9.17, 15) is 0 Å². The maximum Gasteiger partial charge on any atom is 0.0575 e. The minimum atomic E-state index is 0.352. The van der Waals surface area contributed by atoms with Crippen LogP contribution in [-0.4, -0.2) is 24.4 Å². The van der Waals surface area contributed by atoms with Crippen LogP contribution in [0.3, 0.4) is 0 Å². The molecule has 0 unspecified atom stereocenters. The Hall–Kier alpha value is -0.0800. The smallest absolute Gasteiger partial charge is 0.0575 e. The van der Waals surface area contributed by atoms with Crippen molar-refractivity contribution in [2.24, 2.45) is 0 Å². The molecule has 1 saturated carbocycles. The van der Waals surface area contributed by atoms with Gasteiger partial charge in [-0.3, -0.25) is 0 Å². The summed E-state index contributed by atoms with van der Waals surface area (Å²) in [6, 6.07) is 0. The van der Waals surface area contributed by atoms with E-state index in [2.05, 4.69) is 0 Å². The predicted octanol–water partition coefficient (Wildman–Crippen LogP) is 3.67. The predicted molar refractivity (Wildman–Crippen MR) is 67.6 cm³/mol. The van der Waals surface area contributed by atoms with Crippen molar-refractivity contribution in [3.63, 3.8) is 0 Å². The van der Waals surface area contributed by atoms with E-state index in [1.165, 1.54) is 64.2 Å². The van der Waals surface area contributed by atoms with E-state index in [4.69, 9.17) is 9.84 Å². The lowest BCUT2D eigenvalue weighted by atomic mass is 9.98. The first-order valence-electron chi connectivity index (χ1n) is 7.16. The summed E-state index contributed by atoms with van der Waals surface area (Å²) in [5.41, 5.74) is 0. The van der Waals surface area contributed by atoms with Crippen LogP contribution in [0.1, 0.15) is 70.6 Å². The van der Waals surface area contributed by atoms with Crippen LogP contribution in [-0.2, 0) is 4.74 Å². The van der Waals surface area contributed by atoms with Crippen LogP contribution >= 0.6 is 0 Å². The highest BCUT2D eigenvalue weighted by Crippen LogP contribution is 2.20. The average molecular weight is 228 g/mol. The fraction of sp³-hybridized carbons (Fsp3) is 1.00. The van der Waals surface area contributed by atoms with Crippen LogP contribution in [0, 0.1) is 0 Å². The fourth-order valence-corrected chi connectivity index (χ4v) is 2.40. The van der Waals surface area contributed by atoms with E-state index in [0.717, 1.165) is 13.0 Å². The molecule has 0 amide bonds. The summed E-state index contributed by atoms with van der Waals surface area (Å²) in [6.07, 6.45) is 14.5. The topological polar surface area (TPSA) is 29.5 Å². The van der Waals surface area contributed by atoms with Gasteiger partial charge in [0.2, 0.25) is 0 Å². The zero-order valence-corrected chi connectivity index (χ0v) is 10.6. The van der Waals surface area contributed by atoms with E-state index in [0.29, 0.717) is 12.7 Å². The SMILES string of the molecule is OCCCCCCCCOC1CCCCC1. The molecule has 0 aliphatic heterocycles. The van der Waals surface area contributed by atoms with Gasteiger partial charge in [-0.2, -0.15) is 0 Å². The third kappa shape index (κ3) is 7.24. The van der Waals surface area contributed by atoms with Gasteiger partial charge in [0.05, 0.1) is 6.10 Å². The molecule has 0 aromatic carbocycles. The highest BCUT2D eigenvalue weighted by molar-refractivity contribution is 4.64. The zero-order chi connectivity index (χ0) is 11.5. The van der Waals surface area contributed by atoms with E-state index in [-0.39, 0.29) is 0 Å². The van der Waals surface area contributed by atoms with Gasteiger partial charge in [0, 0.05) is 13.2 Å². The first kappa shape index (κ1) is 14.0. The van der Waals surface area contributed by atoms with E-state index >= 15 is 0 Å². The van der Waals surface area contributed by atoms with Gasteiger partial charge >= 0.3 is 0 Å². The van der Waals surface area contributed by atoms with Crippen molar-refractivity contribution in [1.29, 1.82) is 0 Å². The third-order valence-corrected chi connectivity index (χ3v) is 3.46. The fourth-order valence-electron chi connectivity index (χ4n) is 2.40. The standard InChI is InChI=1S/C14H28O2/c15-12-8-3-1-2-4-9-13-16-14-10-6-5-7-11-14/h14-15H,1-13H2. The first-order valence-corrected chi connectivity index (χ1v) is 7.16. The van der Waals surface area contributed by atoms with Crippen molar-refractivity contribution in [2.45, 2.75) is 76.7 Å². The number of unbranched alkanes of at least 4 members (excludes halogenated alkanes) is 5. The molecule has 0 spiro atoms. The second kappa shape index (κ2) is 10.1. The summed E-state index contributed by atoms with van der Waals surface area (Å²) in [5, 5.41) is 8.63. The van der Waals surface area contributed by atoms with Crippen molar-refractivity contribution < 1.29 is 9.84 Å². The Morgan fingerprint density at radius 3 is 2.12 bits per heavy atom. The lowest BCUT2D eigenvalue weighted by Gasteiger charge is -2.21. The van der Waals surface area contributed by atoms with Crippen LogP contribution in [0.25, 0.3) is 0 Å². The van der Waals surface area contributed by atoms with Crippen LogP contribution in [0.4, 0.5) is 0 Å². The molecule has 1 rings (SSSR count). The minimum Gasteiger partial charge on any atom is -0.396 e. The summed E-state index contributed by atoms with van der Waals surface area (Å²) in [7, 11) is 0. The lowest BCUT2D eigenvalue weighted by molar-refractivity contribution is 0.0263. The largest absolute Gasteiger partial charge is 0.396 e. The lowest BCUT2D eigenvalue weighted by Crippen LogP contribution is -2.17. The molecule has 0 heterocycles. The molecule has 96 valence electrons. The molecule has 1 aliphatic carbocycles. The normalized spacial score (nSPS) is 17.8. The Morgan fingerprint density at radius 2 is 1.44 bits per heavy atom. The third-order valence-electron chi connectivity index (χ3n) is 3.46. The van der Waals surface area contributed by atoms with Gasteiger partial charge in [-0.1, -0.05) is 44.9 Å². The highest BCUT2D eigenvalue weighted by Gasteiger charge is 2.12. The number of ether oxygens (including phenoxy) is 1. The van der Waals surface area contributed by atoms with Crippen LogP contribution < -0.4 is 0 Å². The van der Waals surface area contributed by atoms with E-state index in [1.807, 2.05) is 0 Å². The molecular weight excluding hydrogens is 200 g/mol. The molecule has 0 aromatic rings. The molecule has 1 N–H and O–H groups in total. The first-order chi connectivity index (χ1) is 7.93. The second-order valence-corrected chi connectivity index (χ2v) is 4.98. The molecule has 2 heteroatoms. The van der Waals surface area contributed by atoms with Crippen LogP contribution in [0.2, 0.25) is 0 Å². The Labute approximate surface area is 100 Å². The van der Waals surface area contributed by atoms with Crippen molar-refractivity contribution in [2.75, 3.05) is 13.2 Å². The molecule has 0 bridgehead atoms. The Balaban J connectivity index is 1.77.